The number of para-hydroxylation sites is 2. The lowest BCUT2D eigenvalue weighted by Gasteiger charge is -2.37. The summed E-state index contributed by atoms with van der Waals surface area (Å²) in [6.45, 7) is 6.38. The monoisotopic (exact) mass is 356 g/mol. The van der Waals surface area contributed by atoms with Crippen molar-refractivity contribution in [1.29, 1.82) is 0 Å². The molecule has 0 aromatic heterocycles. The van der Waals surface area contributed by atoms with Gasteiger partial charge < -0.3 is 15.2 Å². The van der Waals surface area contributed by atoms with Crippen LogP contribution in [0.4, 0.5) is 0 Å². The van der Waals surface area contributed by atoms with Crippen LogP contribution in [0.5, 0.6) is 11.5 Å². The van der Waals surface area contributed by atoms with Gasteiger partial charge in [0.2, 0.25) is 0 Å². The van der Waals surface area contributed by atoms with Gasteiger partial charge in [-0.05, 0) is 38.1 Å². The second kappa shape index (κ2) is 10.2. The third-order valence-electron chi connectivity index (χ3n) is 4.71. The Morgan fingerprint density at radius 2 is 1.27 bits per heavy atom. The topological polar surface area (TPSA) is 47.7 Å². The number of ether oxygens (including phenoxy) is 2. The number of benzene rings is 2. The van der Waals surface area contributed by atoms with E-state index >= 15 is 0 Å². The molecule has 2 aromatic rings. The lowest BCUT2D eigenvalue weighted by atomic mass is 9.91. The minimum absolute atomic E-state index is 0.0161. The fourth-order valence-corrected chi connectivity index (χ4v) is 3.60. The number of nitrogens with two attached hydrogens (primary N) is 1. The van der Waals surface area contributed by atoms with Gasteiger partial charge in [0.25, 0.3) is 0 Å². The van der Waals surface area contributed by atoms with E-state index in [1.807, 2.05) is 30.3 Å². The first-order valence-electron chi connectivity index (χ1n) is 9.43. The second-order valence-electron chi connectivity index (χ2n) is 6.49. The van der Waals surface area contributed by atoms with Crippen molar-refractivity contribution < 1.29 is 9.47 Å². The van der Waals surface area contributed by atoms with Crippen LogP contribution in [0.3, 0.4) is 0 Å². The van der Waals surface area contributed by atoms with Gasteiger partial charge in [0.1, 0.15) is 11.5 Å². The summed E-state index contributed by atoms with van der Waals surface area (Å²) in [6, 6.07) is 16.0. The van der Waals surface area contributed by atoms with Gasteiger partial charge in [0.15, 0.2) is 0 Å². The van der Waals surface area contributed by atoms with Crippen LogP contribution in [0.1, 0.15) is 49.9 Å². The summed E-state index contributed by atoms with van der Waals surface area (Å²) in [4.78, 5) is 2.47. The van der Waals surface area contributed by atoms with E-state index in [2.05, 4.69) is 36.9 Å². The lowest BCUT2D eigenvalue weighted by Crippen LogP contribution is -2.37. The van der Waals surface area contributed by atoms with E-state index in [-0.39, 0.29) is 12.1 Å². The van der Waals surface area contributed by atoms with Crippen molar-refractivity contribution in [2.75, 3.05) is 27.3 Å². The van der Waals surface area contributed by atoms with Gasteiger partial charge in [-0.3, -0.25) is 4.90 Å². The number of hydrogen-bond donors (Lipinski definition) is 1. The van der Waals surface area contributed by atoms with Crippen LogP contribution < -0.4 is 15.2 Å². The highest BCUT2D eigenvalue weighted by atomic mass is 16.5. The predicted octanol–water partition coefficient (Wildman–Crippen LogP) is 4.57. The second-order valence-corrected chi connectivity index (χ2v) is 6.49. The maximum Gasteiger partial charge on any atom is 0.123 e. The number of hydrogen-bond acceptors (Lipinski definition) is 4. The molecule has 2 aromatic carbocycles. The molecule has 0 fully saturated rings. The van der Waals surface area contributed by atoms with E-state index in [9.17, 15) is 0 Å². The predicted molar refractivity (Wildman–Crippen MR) is 108 cm³/mol. The summed E-state index contributed by atoms with van der Waals surface area (Å²) in [6.07, 6.45) is 2.15. The van der Waals surface area contributed by atoms with Crippen LogP contribution in [-0.2, 0) is 0 Å². The zero-order valence-corrected chi connectivity index (χ0v) is 16.4. The Morgan fingerprint density at radius 1 is 0.808 bits per heavy atom. The van der Waals surface area contributed by atoms with Crippen LogP contribution in [-0.4, -0.2) is 32.2 Å². The summed E-state index contributed by atoms with van der Waals surface area (Å²) >= 11 is 0. The van der Waals surface area contributed by atoms with Crippen LogP contribution in [0.25, 0.3) is 0 Å². The first kappa shape index (κ1) is 20.3. The van der Waals surface area contributed by atoms with Crippen molar-refractivity contribution >= 4 is 0 Å². The SMILES string of the molecule is CCCN(CCC)[C@@H](c1ccccc1OC)[C@@H](N)c1ccccc1OC. The van der Waals surface area contributed by atoms with Crippen molar-refractivity contribution in [3.63, 3.8) is 0 Å². The third-order valence-corrected chi connectivity index (χ3v) is 4.71. The zero-order valence-electron chi connectivity index (χ0n) is 16.4. The van der Waals surface area contributed by atoms with Crippen LogP contribution >= 0.6 is 0 Å². The Labute approximate surface area is 157 Å². The van der Waals surface area contributed by atoms with E-state index in [0.29, 0.717) is 0 Å². The molecular weight excluding hydrogens is 324 g/mol. The Hall–Kier alpha value is -2.04. The Balaban J connectivity index is 2.55. The van der Waals surface area contributed by atoms with Crippen LogP contribution in [0.15, 0.2) is 48.5 Å². The van der Waals surface area contributed by atoms with Crippen molar-refractivity contribution in [3.8, 4) is 11.5 Å². The van der Waals surface area contributed by atoms with E-state index < -0.39 is 0 Å². The fraction of sp³-hybridized carbons (Fsp3) is 0.455. The highest BCUT2D eigenvalue weighted by Gasteiger charge is 2.30. The molecule has 2 N–H and O–H groups in total. The van der Waals surface area contributed by atoms with Gasteiger partial charge >= 0.3 is 0 Å². The van der Waals surface area contributed by atoms with Gasteiger partial charge in [0.05, 0.1) is 26.3 Å². The van der Waals surface area contributed by atoms with Crippen molar-refractivity contribution in [1.82, 2.24) is 4.90 Å². The molecule has 0 bridgehead atoms. The summed E-state index contributed by atoms with van der Waals surface area (Å²) in [5, 5.41) is 0. The standard InChI is InChI=1S/C22H32N2O2/c1-5-15-24(16-6-2)22(18-12-8-10-14-20(18)26-4)21(23)17-11-7-9-13-19(17)25-3/h7-14,21-22H,5-6,15-16,23H2,1-4H3/t21-,22-/m0/s1. The number of rotatable bonds is 10. The maximum atomic E-state index is 6.86. The van der Waals surface area contributed by atoms with Crippen LogP contribution in [0, 0.1) is 0 Å². The molecule has 0 aliphatic carbocycles. The van der Waals surface area contributed by atoms with Gasteiger partial charge in [-0.15, -0.1) is 0 Å². The highest BCUT2D eigenvalue weighted by molar-refractivity contribution is 5.42. The number of nitrogens with zero attached hydrogens (tertiary/aromatic N) is 1. The highest BCUT2D eigenvalue weighted by Crippen LogP contribution is 2.40. The first-order chi connectivity index (χ1) is 12.7. The van der Waals surface area contributed by atoms with Crippen LogP contribution in [0.2, 0.25) is 0 Å². The minimum atomic E-state index is -0.222. The molecule has 0 aliphatic rings. The smallest absolute Gasteiger partial charge is 0.123 e. The minimum Gasteiger partial charge on any atom is -0.496 e. The summed E-state index contributed by atoms with van der Waals surface area (Å²) in [5.41, 5.74) is 8.99. The Morgan fingerprint density at radius 3 is 1.77 bits per heavy atom. The van der Waals surface area contributed by atoms with Crippen molar-refractivity contribution in [2.24, 2.45) is 5.73 Å². The van der Waals surface area contributed by atoms with Crippen molar-refractivity contribution in [2.45, 2.75) is 38.8 Å². The van der Waals surface area contributed by atoms with E-state index in [0.717, 1.165) is 48.6 Å². The first-order valence-corrected chi connectivity index (χ1v) is 9.43. The molecule has 2 atom stereocenters. The molecule has 2 rings (SSSR count). The summed E-state index contributed by atoms with van der Waals surface area (Å²) in [7, 11) is 3.41. The molecular formula is C22H32N2O2. The molecule has 142 valence electrons. The molecule has 0 heterocycles. The Bertz CT molecular complexity index is 669. The molecule has 0 spiro atoms. The molecule has 0 aliphatic heterocycles. The summed E-state index contributed by atoms with van der Waals surface area (Å²) < 4.78 is 11.2. The molecule has 4 nitrogen and oxygen atoms in total. The average molecular weight is 357 g/mol. The molecule has 0 saturated carbocycles. The van der Waals surface area contributed by atoms with E-state index in [1.165, 1.54) is 0 Å². The maximum absolute atomic E-state index is 6.86. The zero-order chi connectivity index (χ0) is 18.9. The van der Waals surface area contributed by atoms with Gasteiger partial charge in [-0.2, -0.15) is 0 Å². The molecule has 26 heavy (non-hydrogen) atoms. The molecule has 4 heteroatoms. The van der Waals surface area contributed by atoms with Gasteiger partial charge in [-0.1, -0.05) is 50.2 Å². The average Bonchev–Trinajstić information content (AvgIpc) is 2.68. The number of methoxy groups -OCH3 is 2. The van der Waals surface area contributed by atoms with Crippen molar-refractivity contribution in [3.05, 3.63) is 59.7 Å². The molecule has 0 saturated heterocycles. The molecule has 0 radical (unpaired) electrons. The largest absolute Gasteiger partial charge is 0.496 e. The molecule has 0 unspecified atom stereocenters. The van der Waals surface area contributed by atoms with E-state index in [1.54, 1.807) is 14.2 Å². The third kappa shape index (κ3) is 4.57. The Kier molecular flexibility index (Phi) is 7.95. The fourth-order valence-electron chi connectivity index (χ4n) is 3.60. The van der Waals surface area contributed by atoms with Gasteiger partial charge in [-0.25, -0.2) is 0 Å². The molecule has 0 amide bonds. The summed E-state index contributed by atoms with van der Waals surface area (Å²) in [5.74, 6) is 1.70. The lowest BCUT2D eigenvalue weighted by molar-refractivity contribution is 0.167. The van der Waals surface area contributed by atoms with E-state index in [4.69, 9.17) is 15.2 Å². The normalized spacial score (nSPS) is 13.5. The quantitative estimate of drug-likeness (QED) is 0.677. The van der Waals surface area contributed by atoms with Gasteiger partial charge in [0, 0.05) is 11.1 Å².